The van der Waals surface area contributed by atoms with E-state index in [1.807, 2.05) is 26.0 Å². The molecule has 0 radical (unpaired) electrons. The molecule has 132 valence electrons. The zero-order chi connectivity index (χ0) is 18.4. The second-order valence-corrected chi connectivity index (χ2v) is 6.81. The Bertz CT molecular complexity index is 779. The maximum atomic E-state index is 12.3. The molecule has 7 heteroatoms. The molecular formula is C18H19ClN2O3S. The minimum atomic E-state index is -0.446. The van der Waals surface area contributed by atoms with Crippen molar-refractivity contribution in [2.75, 3.05) is 11.1 Å². The smallest absolute Gasteiger partial charge is 0.269 e. The number of amides is 1. The molecule has 0 fully saturated rings. The Morgan fingerprint density at radius 2 is 1.84 bits per heavy atom. The summed E-state index contributed by atoms with van der Waals surface area (Å²) in [4.78, 5) is 23.3. The lowest BCUT2D eigenvalue weighted by Crippen LogP contribution is -2.17. The normalized spacial score (nSPS) is 10.5. The lowest BCUT2D eigenvalue weighted by molar-refractivity contribution is -0.384. The topological polar surface area (TPSA) is 72.2 Å². The Morgan fingerprint density at radius 1 is 1.16 bits per heavy atom. The third-order valence-electron chi connectivity index (χ3n) is 3.76. The number of hydrogen-bond donors (Lipinski definition) is 1. The summed E-state index contributed by atoms with van der Waals surface area (Å²) in [6.45, 7) is 4.03. The first kappa shape index (κ1) is 19.3. The molecule has 0 saturated carbocycles. The standard InChI is InChI=1S/C18H19ClN2O3S/c1-3-12-5-10-16(19)15(4-2)18(12)20-17(22)11-25-14-8-6-13(7-9-14)21(23)24/h5-10H,3-4,11H2,1-2H3,(H,20,22). The number of carbonyl (C=O) groups excluding carboxylic acids is 1. The van der Waals surface area contributed by atoms with Crippen molar-refractivity contribution in [1.82, 2.24) is 0 Å². The van der Waals surface area contributed by atoms with E-state index in [2.05, 4.69) is 5.32 Å². The van der Waals surface area contributed by atoms with Gasteiger partial charge in [0.15, 0.2) is 0 Å². The van der Waals surface area contributed by atoms with Crippen molar-refractivity contribution in [2.45, 2.75) is 31.6 Å². The van der Waals surface area contributed by atoms with Gasteiger partial charge in [-0.05, 0) is 42.2 Å². The third-order valence-corrected chi connectivity index (χ3v) is 5.12. The van der Waals surface area contributed by atoms with Crippen LogP contribution in [0.5, 0.6) is 0 Å². The molecule has 0 aliphatic rings. The number of aryl methyl sites for hydroxylation is 1. The fourth-order valence-electron chi connectivity index (χ4n) is 2.46. The Kier molecular flexibility index (Phi) is 6.84. The van der Waals surface area contributed by atoms with Gasteiger partial charge in [-0.1, -0.05) is 31.5 Å². The molecular weight excluding hydrogens is 360 g/mol. The number of nitrogens with zero attached hydrogens (tertiary/aromatic N) is 1. The molecule has 0 atom stereocenters. The van der Waals surface area contributed by atoms with E-state index in [4.69, 9.17) is 11.6 Å². The summed E-state index contributed by atoms with van der Waals surface area (Å²) in [5.41, 5.74) is 2.82. The van der Waals surface area contributed by atoms with Crippen molar-refractivity contribution >= 4 is 40.6 Å². The Labute approximate surface area is 155 Å². The highest BCUT2D eigenvalue weighted by Gasteiger charge is 2.13. The molecule has 2 rings (SSSR count). The van der Waals surface area contributed by atoms with Crippen molar-refractivity contribution in [2.24, 2.45) is 0 Å². The number of benzene rings is 2. The van der Waals surface area contributed by atoms with Crippen LogP contribution in [0.3, 0.4) is 0 Å². The first-order chi connectivity index (χ1) is 12.0. The van der Waals surface area contributed by atoms with Crippen molar-refractivity contribution in [3.8, 4) is 0 Å². The predicted molar refractivity (Wildman–Crippen MR) is 103 cm³/mol. The molecule has 25 heavy (non-hydrogen) atoms. The third kappa shape index (κ3) is 4.96. The molecule has 0 aliphatic heterocycles. The number of halogens is 1. The Balaban J connectivity index is 2.05. The van der Waals surface area contributed by atoms with E-state index in [1.165, 1.54) is 23.9 Å². The second kappa shape index (κ2) is 8.87. The molecule has 0 saturated heterocycles. The van der Waals surface area contributed by atoms with Crippen LogP contribution in [-0.2, 0) is 17.6 Å². The van der Waals surface area contributed by atoms with Crippen LogP contribution in [0.1, 0.15) is 25.0 Å². The lowest BCUT2D eigenvalue weighted by atomic mass is 10.0. The van der Waals surface area contributed by atoms with Gasteiger partial charge in [-0.2, -0.15) is 0 Å². The van der Waals surface area contributed by atoms with E-state index in [-0.39, 0.29) is 17.3 Å². The first-order valence-corrected chi connectivity index (χ1v) is 9.30. The molecule has 0 spiro atoms. The van der Waals surface area contributed by atoms with Gasteiger partial charge >= 0.3 is 0 Å². The highest BCUT2D eigenvalue weighted by atomic mass is 35.5. The van der Waals surface area contributed by atoms with E-state index in [0.29, 0.717) is 5.02 Å². The lowest BCUT2D eigenvalue weighted by Gasteiger charge is -2.15. The number of thioether (sulfide) groups is 1. The van der Waals surface area contributed by atoms with Crippen LogP contribution in [0.15, 0.2) is 41.3 Å². The molecule has 5 nitrogen and oxygen atoms in total. The average Bonchev–Trinajstić information content (AvgIpc) is 2.61. The van der Waals surface area contributed by atoms with Crippen LogP contribution in [0, 0.1) is 10.1 Å². The number of non-ortho nitro benzene ring substituents is 1. The number of nitro benzene ring substituents is 1. The zero-order valence-electron chi connectivity index (χ0n) is 14.0. The maximum absolute atomic E-state index is 12.3. The fourth-order valence-corrected chi connectivity index (χ4v) is 3.44. The monoisotopic (exact) mass is 378 g/mol. The predicted octanol–water partition coefficient (Wildman–Crippen LogP) is 5.10. The summed E-state index contributed by atoms with van der Waals surface area (Å²) < 4.78 is 0. The van der Waals surface area contributed by atoms with Gasteiger partial charge in [0, 0.05) is 27.7 Å². The van der Waals surface area contributed by atoms with Gasteiger partial charge in [0.2, 0.25) is 5.91 Å². The highest BCUT2D eigenvalue weighted by molar-refractivity contribution is 8.00. The van der Waals surface area contributed by atoms with Crippen molar-refractivity contribution in [3.63, 3.8) is 0 Å². The van der Waals surface area contributed by atoms with Crippen molar-refractivity contribution in [3.05, 3.63) is 62.7 Å². The van der Waals surface area contributed by atoms with Crippen LogP contribution in [-0.4, -0.2) is 16.6 Å². The Morgan fingerprint density at radius 3 is 2.40 bits per heavy atom. The number of nitrogens with one attached hydrogen (secondary N) is 1. The number of hydrogen-bond acceptors (Lipinski definition) is 4. The zero-order valence-corrected chi connectivity index (χ0v) is 15.6. The molecule has 1 amide bonds. The molecule has 0 unspecified atom stereocenters. The van der Waals surface area contributed by atoms with Gasteiger partial charge in [-0.15, -0.1) is 11.8 Å². The molecule has 0 aliphatic carbocycles. The number of rotatable bonds is 7. The number of carbonyl (C=O) groups is 1. The van der Waals surface area contributed by atoms with Gasteiger partial charge in [0.05, 0.1) is 10.7 Å². The highest BCUT2D eigenvalue weighted by Crippen LogP contribution is 2.30. The molecule has 0 aromatic heterocycles. The van der Waals surface area contributed by atoms with E-state index in [0.717, 1.165) is 34.6 Å². The van der Waals surface area contributed by atoms with Crippen LogP contribution < -0.4 is 5.32 Å². The quantitative estimate of drug-likeness (QED) is 0.413. The largest absolute Gasteiger partial charge is 0.325 e. The Hall–Kier alpha value is -2.05. The van der Waals surface area contributed by atoms with Crippen LogP contribution in [0.2, 0.25) is 5.02 Å². The molecule has 2 aromatic rings. The molecule has 0 bridgehead atoms. The van der Waals surface area contributed by atoms with Gasteiger partial charge in [0.1, 0.15) is 0 Å². The van der Waals surface area contributed by atoms with Crippen LogP contribution in [0.4, 0.5) is 11.4 Å². The summed E-state index contributed by atoms with van der Waals surface area (Å²) in [6.07, 6.45) is 1.53. The maximum Gasteiger partial charge on any atom is 0.269 e. The van der Waals surface area contributed by atoms with E-state index in [9.17, 15) is 14.9 Å². The second-order valence-electron chi connectivity index (χ2n) is 5.36. The van der Waals surface area contributed by atoms with E-state index < -0.39 is 4.92 Å². The minimum absolute atomic E-state index is 0.0351. The molecule has 2 aromatic carbocycles. The van der Waals surface area contributed by atoms with Crippen LogP contribution >= 0.6 is 23.4 Å². The van der Waals surface area contributed by atoms with E-state index >= 15 is 0 Å². The van der Waals surface area contributed by atoms with Crippen molar-refractivity contribution < 1.29 is 9.72 Å². The summed E-state index contributed by atoms with van der Waals surface area (Å²) in [5.74, 6) is 0.0893. The fraction of sp³-hybridized carbons (Fsp3) is 0.278. The summed E-state index contributed by atoms with van der Waals surface area (Å²) >= 11 is 7.58. The average molecular weight is 379 g/mol. The van der Waals surface area contributed by atoms with Gasteiger partial charge < -0.3 is 5.32 Å². The minimum Gasteiger partial charge on any atom is -0.325 e. The summed E-state index contributed by atoms with van der Waals surface area (Å²) in [6, 6.07) is 9.94. The van der Waals surface area contributed by atoms with E-state index in [1.54, 1.807) is 12.1 Å². The molecule has 1 N–H and O–H groups in total. The number of anilines is 1. The number of nitro groups is 1. The SMILES string of the molecule is CCc1ccc(Cl)c(CC)c1NC(=O)CSc1ccc([N+](=O)[O-])cc1. The van der Waals surface area contributed by atoms with Gasteiger partial charge in [-0.25, -0.2) is 0 Å². The molecule has 0 heterocycles. The summed E-state index contributed by atoms with van der Waals surface area (Å²) in [7, 11) is 0. The summed E-state index contributed by atoms with van der Waals surface area (Å²) in [5, 5.41) is 14.3. The van der Waals surface area contributed by atoms with Crippen LogP contribution in [0.25, 0.3) is 0 Å². The van der Waals surface area contributed by atoms with Crippen molar-refractivity contribution in [1.29, 1.82) is 0 Å². The van der Waals surface area contributed by atoms with Gasteiger partial charge in [-0.3, -0.25) is 14.9 Å². The first-order valence-electron chi connectivity index (χ1n) is 7.93. The van der Waals surface area contributed by atoms with Gasteiger partial charge in [0.25, 0.3) is 5.69 Å².